The highest BCUT2D eigenvalue weighted by Crippen LogP contribution is 2.27. The zero-order chi connectivity index (χ0) is 13.8. The molecular weight excluding hydrogens is 245 g/mol. The maximum absolute atomic E-state index is 13.7. The molecule has 0 bridgehead atoms. The van der Waals surface area contributed by atoms with E-state index in [1.54, 1.807) is 22.8 Å². The fourth-order valence-corrected chi connectivity index (χ4v) is 1.90. The number of nitrogens with two attached hydrogens (primary N) is 1. The second-order valence-electron chi connectivity index (χ2n) is 4.01. The Hall–Kier alpha value is -2.48. The fraction of sp³-hybridized carbons (Fsp3) is 0.214. The molecule has 4 nitrogen and oxygen atoms in total. The second kappa shape index (κ2) is 5.44. The SMILES string of the molecule is CCOc1c(N)cc(C#N)n1Cc1ccccc1F. The summed E-state index contributed by atoms with van der Waals surface area (Å²) in [7, 11) is 0. The third-order valence-corrected chi connectivity index (χ3v) is 2.76. The highest BCUT2D eigenvalue weighted by molar-refractivity contribution is 5.55. The summed E-state index contributed by atoms with van der Waals surface area (Å²) in [5, 5.41) is 9.10. The smallest absolute Gasteiger partial charge is 0.218 e. The van der Waals surface area contributed by atoms with Crippen molar-refractivity contribution >= 4 is 5.69 Å². The molecule has 0 saturated carbocycles. The largest absolute Gasteiger partial charge is 0.478 e. The molecule has 5 heteroatoms. The van der Waals surface area contributed by atoms with Crippen LogP contribution in [0.15, 0.2) is 30.3 Å². The Labute approximate surface area is 110 Å². The van der Waals surface area contributed by atoms with Crippen LogP contribution in [0.5, 0.6) is 5.88 Å². The lowest BCUT2D eigenvalue weighted by atomic mass is 10.2. The first-order valence-corrected chi connectivity index (χ1v) is 5.92. The van der Waals surface area contributed by atoms with Crippen LogP contribution >= 0.6 is 0 Å². The summed E-state index contributed by atoms with van der Waals surface area (Å²) >= 11 is 0. The molecule has 1 aromatic carbocycles. The Bertz CT molecular complexity index is 628. The number of anilines is 1. The van der Waals surface area contributed by atoms with Gasteiger partial charge in [-0.05, 0) is 13.0 Å². The normalized spacial score (nSPS) is 10.2. The number of nitriles is 1. The van der Waals surface area contributed by atoms with E-state index in [0.29, 0.717) is 29.4 Å². The molecule has 98 valence electrons. The van der Waals surface area contributed by atoms with E-state index in [0.717, 1.165) is 0 Å². The van der Waals surface area contributed by atoms with Gasteiger partial charge in [0, 0.05) is 11.6 Å². The average molecular weight is 259 g/mol. The van der Waals surface area contributed by atoms with Crippen LogP contribution in [0.1, 0.15) is 18.2 Å². The average Bonchev–Trinajstić information content (AvgIpc) is 2.70. The minimum absolute atomic E-state index is 0.210. The summed E-state index contributed by atoms with van der Waals surface area (Å²) in [6.45, 7) is 2.46. The standard InChI is InChI=1S/C14H14FN3O/c1-2-19-14-13(17)7-11(8-16)18(14)9-10-5-3-4-6-12(10)15/h3-7H,2,9,17H2,1H3. The fourth-order valence-electron chi connectivity index (χ4n) is 1.90. The molecule has 2 aromatic rings. The van der Waals surface area contributed by atoms with E-state index in [9.17, 15) is 4.39 Å². The number of nitrogen functional groups attached to an aromatic ring is 1. The summed E-state index contributed by atoms with van der Waals surface area (Å²) in [6.07, 6.45) is 0. The summed E-state index contributed by atoms with van der Waals surface area (Å²) in [5.41, 5.74) is 7.02. The molecule has 0 radical (unpaired) electrons. The van der Waals surface area contributed by atoms with Gasteiger partial charge < -0.3 is 10.5 Å². The molecule has 0 atom stereocenters. The van der Waals surface area contributed by atoms with E-state index in [-0.39, 0.29) is 12.4 Å². The molecule has 0 fully saturated rings. The van der Waals surface area contributed by atoms with Gasteiger partial charge in [0.25, 0.3) is 0 Å². The molecule has 1 heterocycles. The third kappa shape index (κ3) is 2.52. The van der Waals surface area contributed by atoms with E-state index in [1.165, 1.54) is 12.1 Å². The van der Waals surface area contributed by atoms with Crippen LogP contribution in [-0.2, 0) is 6.54 Å². The maximum atomic E-state index is 13.7. The number of rotatable bonds is 4. The van der Waals surface area contributed by atoms with Crippen LogP contribution in [0.4, 0.5) is 10.1 Å². The number of hydrogen-bond acceptors (Lipinski definition) is 3. The van der Waals surface area contributed by atoms with E-state index < -0.39 is 0 Å². The van der Waals surface area contributed by atoms with Crippen molar-refractivity contribution in [2.45, 2.75) is 13.5 Å². The van der Waals surface area contributed by atoms with Crippen molar-refractivity contribution in [1.29, 1.82) is 5.26 Å². The van der Waals surface area contributed by atoms with Crippen LogP contribution in [0.3, 0.4) is 0 Å². The van der Waals surface area contributed by atoms with Gasteiger partial charge in [-0.2, -0.15) is 5.26 Å². The highest BCUT2D eigenvalue weighted by Gasteiger charge is 2.15. The van der Waals surface area contributed by atoms with Gasteiger partial charge in [-0.1, -0.05) is 18.2 Å². The van der Waals surface area contributed by atoms with Gasteiger partial charge >= 0.3 is 0 Å². The van der Waals surface area contributed by atoms with Gasteiger partial charge in [-0.25, -0.2) is 4.39 Å². The number of nitrogens with zero attached hydrogens (tertiary/aromatic N) is 2. The maximum Gasteiger partial charge on any atom is 0.218 e. The van der Waals surface area contributed by atoms with Crippen LogP contribution < -0.4 is 10.5 Å². The Morgan fingerprint density at radius 1 is 1.42 bits per heavy atom. The lowest BCUT2D eigenvalue weighted by molar-refractivity contribution is 0.313. The van der Waals surface area contributed by atoms with Crippen molar-refractivity contribution in [2.24, 2.45) is 0 Å². The van der Waals surface area contributed by atoms with E-state index in [4.69, 9.17) is 15.7 Å². The first-order chi connectivity index (χ1) is 9.17. The summed E-state index contributed by atoms with van der Waals surface area (Å²) < 4.78 is 20.7. The highest BCUT2D eigenvalue weighted by atomic mass is 19.1. The lowest BCUT2D eigenvalue weighted by Gasteiger charge is -2.11. The Balaban J connectivity index is 2.44. The predicted octanol–water partition coefficient (Wildman–Crippen LogP) is 2.53. The molecule has 0 aliphatic heterocycles. The predicted molar refractivity (Wildman–Crippen MR) is 70.2 cm³/mol. The van der Waals surface area contributed by atoms with Crippen molar-refractivity contribution in [3.05, 3.63) is 47.4 Å². The van der Waals surface area contributed by atoms with Crippen molar-refractivity contribution in [1.82, 2.24) is 4.57 Å². The number of benzene rings is 1. The summed E-state index contributed by atoms with van der Waals surface area (Å²) in [5.74, 6) is 0.0865. The van der Waals surface area contributed by atoms with Gasteiger partial charge in [-0.3, -0.25) is 4.57 Å². The van der Waals surface area contributed by atoms with Gasteiger partial charge in [0.2, 0.25) is 5.88 Å². The molecule has 2 rings (SSSR count). The van der Waals surface area contributed by atoms with E-state index in [1.807, 2.05) is 13.0 Å². The lowest BCUT2D eigenvalue weighted by Crippen LogP contribution is -2.08. The molecule has 0 unspecified atom stereocenters. The number of hydrogen-bond donors (Lipinski definition) is 1. The van der Waals surface area contributed by atoms with Crippen LogP contribution in [0.2, 0.25) is 0 Å². The Morgan fingerprint density at radius 3 is 2.79 bits per heavy atom. The number of aromatic nitrogens is 1. The molecule has 0 saturated heterocycles. The van der Waals surface area contributed by atoms with Crippen LogP contribution in [0, 0.1) is 17.1 Å². The van der Waals surface area contributed by atoms with E-state index in [2.05, 4.69) is 0 Å². The van der Waals surface area contributed by atoms with Gasteiger partial charge in [0.15, 0.2) is 0 Å². The number of halogens is 1. The molecular formula is C14H14FN3O. The third-order valence-electron chi connectivity index (χ3n) is 2.76. The molecule has 1 aromatic heterocycles. The number of ether oxygens (including phenoxy) is 1. The van der Waals surface area contributed by atoms with Gasteiger partial charge in [0.05, 0.1) is 18.8 Å². The molecule has 0 aliphatic rings. The Morgan fingerprint density at radius 2 is 2.16 bits per heavy atom. The topological polar surface area (TPSA) is 64.0 Å². The van der Waals surface area contributed by atoms with Gasteiger partial charge in [0.1, 0.15) is 17.6 Å². The minimum Gasteiger partial charge on any atom is -0.478 e. The molecule has 0 amide bonds. The van der Waals surface area contributed by atoms with Crippen LogP contribution in [-0.4, -0.2) is 11.2 Å². The summed E-state index contributed by atoms with van der Waals surface area (Å²) in [6, 6.07) is 9.99. The molecule has 0 spiro atoms. The van der Waals surface area contributed by atoms with Gasteiger partial charge in [-0.15, -0.1) is 0 Å². The minimum atomic E-state index is -0.318. The van der Waals surface area contributed by atoms with Crippen molar-refractivity contribution in [2.75, 3.05) is 12.3 Å². The first kappa shape index (κ1) is 13.0. The first-order valence-electron chi connectivity index (χ1n) is 5.92. The van der Waals surface area contributed by atoms with E-state index >= 15 is 0 Å². The molecule has 19 heavy (non-hydrogen) atoms. The Kier molecular flexibility index (Phi) is 3.71. The van der Waals surface area contributed by atoms with Crippen molar-refractivity contribution in [3.63, 3.8) is 0 Å². The molecule has 0 aliphatic carbocycles. The van der Waals surface area contributed by atoms with Crippen LogP contribution in [0.25, 0.3) is 0 Å². The zero-order valence-corrected chi connectivity index (χ0v) is 10.6. The summed E-state index contributed by atoms with van der Waals surface area (Å²) in [4.78, 5) is 0. The zero-order valence-electron chi connectivity index (χ0n) is 10.6. The van der Waals surface area contributed by atoms with Crippen molar-refractivity contribution in [3.8, 4) is 11.9 Å². The second-order valence-corrected chi connectivity index (χ2v) is 4.01. The quantitative estimate of drug-likeness (QED) is 0.917. The molecule has 2 N–H and O–H groups in total. The monoisotopic (exact) mass is 259 g/mol. The van der Waals surface area contributed by atoms with Crippen molar-refractivity contribution < 1.29 is 9.13 Å².